The topological polar surface area (TPSA) is 61.9 Å². The van der Waals surface area contributed by atoms with E-state index in [9.17, 15) is 4.79 Å². The van der Waals surface area contributed by atoms with Crippen molar-refractivity contribution in [3.05, 3.63) is 28.2 Å². The Morgan fingerprint density at radius 3 is 3.00 bits per heavy atom. The van der Waals surface area contributed by atoms with Crippen molar-refractivity contribution in [1.82, 2.24) is 20.1 Å². The van der Waals surface area contributed by atoms with Crippen LogP contribution in [0.1, 0.15) is 61.7 Å². The highest BCUT2D eigenvalue weighted by molar-refractivity contribution is 7.99. The van der Waals surface area contributed by atoms with Crippen LogP contribution in [0.3, 0.4) is 0 Å². The molecule has 0 aromatic carbocycles. The van der Waals surface area contributed by atoms with Crippen molar-refractivity contribution in [2.24, 2.45) is 5.92 Å². The van der Waals surface area contributed by atoms with Crippen LogP contribution < -0.4 is 0 Å². The highest BCUT2D eigenvalue weighted by Gasteiger charge is 2.30. The number of hydrogen-bond donors (Lipinski definition) is 1. The summed E-state index contributed by atoms with van der Waals surface area (Å²) in [7, 11) is 0. The summed E-state index contributed by atoms with van der Waals surface area (Å²) in [6, 6.07) is 4.47. The smallest absolute Gasteiger partial charge is 0.233 e. The van der Waals surface area contributed by atoms with E-state index in [1.165, 1.54) is 48.7 Å². The summed E-state index contributed by atoms with van der Waals surface area (Å²) in [5.41, 5.74) is 0. The Kier molecular flexibility index (Phi) is 5.94. The number of aromatic nitrogens is 3. The van der Waals surface area contributed by atoms with Crippen LogP contribution in [0, 0.1) is 5.92 Å². The van der Waals surface area contributed by atoms with Crippen LogP contribution in [0.15, 0.2) is 22.7 Å². The molecule has 5 nitrogen and oxygen atoms in total. The summed E-state index contributed by atoms with van der Waals surface area (Å²) in [4.78, 5) is 20.6. The number of carbonyl (C=O) groups is 1. The molecule has 1 amide bonds. The molecule has 0 radical (unpaired) electrons. The second-order valence-electron chi connectivity index (χ2n) is 7.30. The van der Waals surface area contributed by atoms with Gasteiger partial charge in [0, 0.05) is 17.8 Å². The van der Waals surface area contributed by atoms with Crippen LogP contribution in [0.5, 0.6) is 0 Å². The van der Waals surface area contributed by atoms with Crippen molar-refractivity contribution in [3.8, 4) is 0 Å². The second-order valence-corrected chi connectivity index (χ2v) is 9.22. The highest BCUT2D eigenvalue weighted by Crippen LogP contribution is 2.35. The van der Waals surface area contributed by atoms with Crippen molar-refractivity contribution < 1.29 is 4.79 Å². The Bertz CT molecular complexity index is 709. The number of thiophene rings is 1. The first-order chi connectivity index (χ1) is 12.8. The maximum Gasteiger partial charge on any atom is 0.233 e. The zero-order valence-electron chi connectivity index (χ0n) is 15.0. The summed E-state index contributed by atoms with van der Waals surface area (Å²) in [6.07, 6.45) is 9.83. The van der Waals surface area contributed by atoms with E-state index in [1.54, 1.807) is 11.3 Å². The van der Waals surface area contributed by atoms with E-state index in [-0.39, 0.29) is 11.9 Å². The Balaban J connectivity index is 1.26. The van der Waals surface area contributed by atoms with Crippen LogP contribution in [0.25, 0.3) is 0 Å². The number of carbonyl (C=O) groups excluding carboxylic acids is 1. The average Bonchev–Trinajstić information content (AvgIpc) is 3.45. The lowest BCUT2D eigenvalue weighted by atomic mass is 10.0. The van der Waals surface area contributed by atoms with Gasteiger partial charge in [0.05, 0.1) is 11.8 Å². The molecule has 1 saturated carbocycles. The molecule has 1 aliphatic carbocycles. The first-order valence-electron chi connectivity index (χ1n) is 9.66. The molecule has 1 N–H and O–H groups in total. The molecule has 2 aromatic heterocycles. The predicted octanol–water partition coefficient (Wildman–Crippen LogP) is 4.44. The minimum absolute atomic E-state index is 0.197. The zero-order chi connectivity index (χ0) is 17.8. The molecule has 1 unspecified atom stereocenters. The fraction of sp³-hybridized carbons (Fsp3) is 0.632. The van der Waals surface area contributed by atoms with E-state index in [1.807, 2.05) is 4.90 Å². The van der Waals surface area contributed by atoms with Gasteiger partial charge in [-0.05, 0) is 36.6 Å². The molecule has 4 rings (SSSR count). The van der Waals surface area contributed by atoms with Crippen LogP contribution in [-0.2, 0) is 11.2 Å². The first kappa shape index (κ1) is 18.0. The van der Waals surface area contributed by atoms with Gasteiger partial charge in [0.15, 0.2) is 0 Å². The molecule has 0 spiro atoms. The third-order valence-electron chi connectivity index (χ3n) is 5.54. The molecule has 26 heavy (non-hydrogen) atoms. The molecule has 1 saturated heterocycles. The number of aryl methyl sites for hydroxylation is 1. The number of aromatic amines is 1. The standard InChI is InChI=1S/C19H26N4OS2/c24-18(23-11-3-7-15(23)16-8-4-12-25-16)13-26-19-20-17(21-22-19)10-9-14-5-1-2-6-14/h4,8,12,14-15H,1-3,5-7,9-11,13H2,(H,20,21,22). The summed E-state index contributed by atoms with van der Waals surface area (Å²) >= 11 is 3.20. The molecule has 2 aliphatic rings. The molecule has 140 valence electrons. The molecule has 2 aromatic rings. The van der Waals surface area contributed by atoms with Gasteiger partial charge >= 0.3 is 0 Å². The molecular weight excluding hydrogens is 364 g/mol. The van der Waals surface area contributed by atoms with Crippen molar-refractivity contribution in [1.29, 1.82) is 0 Å². The van der Waals surface area contributed by atoms with E-state index in [4.69, 9.17) is 0 Å². The van der Waals surface area contributed by atoms with E-state index < -0.39 is 0 Å². The number of amides is 1. The Morgan fingerprint density at radius 1 is 1.31 bits per heavy atom. The van der Waals surface area contributed by atoms with Crippen LogP contribution in [-0.4, -0.2) is 38.3 Å². The van der Waals surface area contributed by atoms with Crippen molar-refractivity contribution in [3.63, 3.8) is 0 Å². The molecular formula is C19H26N4OS2. The van der Waals surface area contributed by atoms with Gasteiger partial charge in [-0.25, -0.2) is 4.98 Å². The number of hydrogen-bond acceptors (Lipinski definition) is 5. The normalized spacial score (nSPS) is 20.9. The number of H-pyrrole nitrogens is 1. The third-order valence-corrected chi connectivity index (χ3v) is 7.35. The fourth-order valence-electron chi connectivity index (χ4n) is 4.15. The molecule has 0 bridgehead atoms. The lowest BCUT2D eigenvalue weighted by molar-refractivity contribution is -0.129. The lowest BCUT2D eigenvalue weighted by Crippen LogP contribution is -2.31. The van der Waals surface area contributed by atoms with Crippen LogP contribution in [0.2, 0.25) is 0 Å². The fourth-order valence-corrected chi connectivity index (χ4v) is 5.72. The minimum atomic E-state index is 0.197. The molecule has 7 heteroatoms. The van der Waals surface area contributed by atoms with E-state index >= 15 is 0 Å². The zero-order valence-corrected chi connectivity index (χ0v) is 16.7. The van der Waals surface area contributed by atoms with E-state index in [2.05, 4.69) is 32.7 Å². The quantitative estimate of drug-likeness (QED) is 0.710. The first-order valence-corrected chi connectivity index (χ1v) is 11.5. The summed E-state index contributed by atoms with van der Waals surface area (Å²) in [6.45, 7) is 0.864. The Hall–Kier alpha value is -1.34. The van der Waals surface area contributed by atoms with Gasteiger partial charge in [0.2, 0.25) is 11.1 Å². The number of likely N-dealkylation sites (tertiary alicyclic amines) is 1. The van der Waals surface area contributed by atoms with Crippen LogP contribution >= 0.6 is 23.1 Å². The number of nitrogens with one attached hydrogen (secondary N) is 1. The SMILES string of the molecule is O=C(CSc1n[nH]c(CCC2CCCC2)n1)N1CCCC1c1cccs1. The summed E-state index contributed by atoms with van der Waals surface area (Å²) < 4.78 is 0. The maximum absolute atomic E-state index is 12.7. The van der Waals surface area contributed by atoms with Gasteiger partial charge in [-0.2, -0.15) is 0 Å². The van der Waals surface area contributed by atoms with Crippen LogP contribution in [0.4, 0.5) is 0 Å². The predicted molar refractivity (Wildman–Crippen MR) is 105 cm³/mol. The average molecular weight is 391 g/mol. The van der Waals surface area contributed by atoms with Gasteiger partial charge in [0.1, 0.15) is 5.82 Å². The van der Waals surface area contributed by atoms with Crippen molar-refractivity contribution in [2.45, 2.75) is 62.6 Å². The Morgan fingerprint density at radius 2 is 2.19 bits per heavy atom. The molecule has 2 fully saturated rings. The number of thioether (sulfide) groups is 1. The van der Waals surface area contributed by atoms with Gasteiger partial charge in [0.25, 0.3) is 0 Å². The minimum Gasteiger partial charge on any atom is -0.334 e. The van der Waals surface area contributed by atoms with Crippen molar-refractivity contribution >= 4 is 29.0 Å². The second kappa shape index (κ2) is 8.57. The summed E-state index contributed by atoms with van der Waals surface area (Å²) in [5, 5.41) is 10.1. The van der Waals surface area contributed by atoms with Gasteiger partial charge in [-0.15, -0.1) is 16.4 Å². The monoisotopic (exact) mass is 390 g/mol. The maximum atomic E-state index is 12.7. The summed E-state index contributed by atoms with van der Waals surface area (Å²) in [5.74, 6) is 2.44. The lowest BCUT2D eigenvalue weighted by Gasteiger charge is -2.23. The number of rotatable bonds is 7. The number of nitrogens with zero attached hydrogens (tertiary/aromatic N) is 3. The third kappa shape index (κ3) is 4.31. The van der Waals surface area contributed by atoms with E-state index in [0.29, 0.717) is 10.9 Å². The van der Waals surface area contributed by atoms with E-state index in [0.717, 1.165) is 37.5 Å². The Labute approximate surface area is 163 Å². The molecule has 1 atom stereocenters. The van der Waals surface area contributed by atoms with Crippen molar-refractivity contribution in [2.75, 3.05) is 12.3 Å². The van der Waals surface area contributed by atoms with Gasteiger partial charge < -0.3 is 4.90 Å². The molecule has 1 aliphatic heterocycles. The van der Waals surface area contributed by atoms with Gasteiger partial charge in [-0.3, -0.25) is 9.89 Å². The largest absolute Gasteiger partial charge is 0.334 e. The molecule has 3 heterocycles. The van der Waals surface area contributed by atoms with Gasteiger partial charge in [-0.1, -0.05) is 43.5 Å². The highest BCUT2D eigenvalue weighted by atomic mass is 32.2.